The summed E-state index contributed by atoms with van der Waals surface area (Å²) in [6.45, 7) is 4.75. The smallest absolute Gasteiger partial charge is 0.320 e. The Morgan fingerprint density at radius 2 is 2.07 bits per heavy atom. The lowest BCUT2D eigenvalue weighted by molar-refractivity contribution is 0.0901. The third-order valence-electron chi connectivity index (χ3n) is 5.98. The van der Waals surface area contributed by atoms with E-state index >= 15 is 0 Å². The van der Waals surface area contributed by atoms with Gasteiger partial charge in [0.15, 0.2) is 5.65 Å². The monoisotopic (exact) mass is 363 g/mol. The van der Waals surface area contributed by atoms with Gasteiger partial charge in [-0.1, -0.05) is 6.92 Å². The summed E-state index contributed by atoms with van der Waals surface area (Å²) in [5, 5.41) is 8.95. The van der Waals surface area contributed by atoms with E-state index in [1.54, 1.807) is 4.90 Å². The molecule has 1 N–H and O–H groups in total. The van der Waals surface area contributed by atoms with Gasteiger partial charge in [-0.2, -0.15) is 5.26 Å². The first-order chi connectivity index (χ1) is 13.2. The average molecular weight is 363 g/mol. The van der Waals surface area contributed by atoms with E-state index in [2.05, 4.69) is 27.4 Å². The highest BCUT2D eigenvalue weighted by atomic mass is 16.2. The zero-order valence-electron chi connectivity index (χ0n) is 15.2. The van der Waals surface area contributed by atoms with Crippen LogP contribution in [0.2, 0.25) is 0 Å². The molecule has 2 saturated heterocycles. The third-order valence-corrected chi connectivity index (χ3v) is 5.98. The predicted octanol–water partition coefficient (Wildman–Crippen LogP) is 2.21. The van der Waals surface area contributed by atoms with Gasteiger partial charge in [0, 0.05) is 38.3 Å². The number of H-pyrrole nitrogens is 1. The SMILES string of the molecule is C[C@H]1CCN(C(=O)N2CC(C#N)C2)C[C@H]1c1ncc2cnc3[nH]ccc3n12. The van der Waals surface area contributed by atoms with Crippen LogP contribution >= 0.6 is 0 Å². The fourth-order valence-corrected chi connectivity index (χ4v) is 4.26. The molecule has 0 spiro atoms. The predicted molar refractivity (Wildman–Crippen MR) is 99.0 cm³/mol. The van der Waals surface area contributed by atoms with Gasteiger partial charge < -0.3 is 14.8 Å². The molecule has 5 heterocycles. The molecule has 2 aliphatic rings. The molecule has 0 unspecified atom stereocenters. The quantitative estimate of drug-likeness (QED) is 0.717. The van der Waals surface area contributed by atoms with Gasteiger partial charge in [-0.3, -0.25) is 4.40 Å². The van der Waals surface area contributed by atoms with Crippen molar-refractivity contribution in [3.8, 4) is 6.07 Å². The van der Waals surface area contributed by atoms with E-state index in [-0.39, 0.29) is 17.9 Å². The molecule has 0 saturated carbocycles. The van der Waals surface area contributed by atoms with E-state index in [9.17, 15) is 4.79 Å². The van der Waals surface area contributed by atoms with Crippen molar-refractivity contribution < 1.29 is 4.79 Å². The maximum Gasteiger partial charge on any atom is 0.320 e. The summed E-state index contributed by atoms with van der Waals surface area (Å²) in [4.78, 5) is 28.8. The van der Waals surface area contributed by atoms with Crippen LogP contribution in [0.15, 0.2) is 24.7 Å². The number of imidazole rings is 1. The van der Waals surface area contributed by atoms with Gasteiger partial charge in [0.2, 0.25) is 0 Å². The first-order valence-electron chi connectivity index (χ1n) is 9.38. The molecule has 8 heteroatoms. The zero-order chi connectivity index (χ0) is 18.5. The van der Waals surface area contributed by atoms with Gasteiger partial charge in [0.1, 0.15) is 5.82 Å². The number of aromatic nitrogens is 4. The van der Waals surface area contributed by atoms with Crippen LogP contribution in [0.4, 0.5) is 4.79 Å². The van der Waals surface area contributed by atoms with Crippen molar-refractivity contribution in [2.24, 2.45) is 11.8 Å². The van der Waals surface area contributed by atoms with Crippen LogP contribution in [0.25, 0.3) is 16.7 Å². The van der Waals surface area contributed by atoms with Gasteiger partial charge in [-0.25, -0.2) is 14.8 Å². The number of amides is 2. The Morgan fingerprint density at radius 3 is 2.89 bits per heavy atom. The van der Waals surface area contributed by atoms with Crippen molar-refractivity contribution in [2.45, 2.75) is 19.3 Å². The van der Waals surface area contributed by atoms with Crippen LogP contribution in [-0.2, 0) is 0 Å². The van der Waals surface area contributed by atoms with Crippen molar-refractivity contribution >= 4 is 22.7 Å². The lowest BCUT2D eigenvalue weighted by atomic mass is 9.86. The number of carbonyl (C=O) groups excluding carboxylic acids is 1. The Balaban J connectivity index is 1.46. The number of urea groups is 1. The minimum absolute atomic E-state index is 0.0147. The van der Waals surface area contributed by atoms with Crippen LogP contribution in [0.3, 0.4) is 0 Å². The molecule has 138 valence electrons. The Bertz CT molecular complexity index is 1060. The van der Waals surface area contributed by atoms with Crippen LogP contribution in [-0.4, -0.2) is 61.4 Å². The van der Waals surface area contributed by atoms with E-state index < -0.39 is 0 Å². The molecule has 2 amide bonds. The first-order valence-corrected chi connectivity index (χ1v) is 9.38. The number of hydrogen-bond acceptors (Lipinski definition) is 4. The maximum atomic E-state index is 12.8. The summed E-state index contributed by atoms with van der Waals surface area (Å²) >= 11 is 0. The third kappa shape index (κ3) is 2.46. The number of carbonyl (C=O) groups is 1. The van der Waals surface area contributed by atoms with Gasteiger partial charge in [0.05, 0.1) is 35.4 Å². The molecule has 2 aliphatic heterocycles. The summed E-state index contributed by atoms with van der Waals surface area (Å²) in [6, 6.07) is 4.29. The topological polar surface area (TPSA) is 93.3 Å². The van der Waals surface area contributed by atoms with Crippen molar-refractivity contribution in [3.63, 3.8) is 0 Å². The largest absolute Gasteiger partial charge is 0.345 e. The fraction of sp³-hybridized carbons (Fsp3) is 0.474. The van der Waals surface area contributed by atoms with Gasteiger partial charge >= 0.3 is 6.03 Å². The Hall–Kier alpha value is -3.08. The number of piperidine rings is 1. The molecule has 0 aromatic carbocycles. The highest BCUT2D eigenvalue weighted by Crippen LogP contribution is 2.34. The first kappa shape index (κ1) is 16.1. The second-order valence-electron chi connectivity index (χ2n) is 7.68. The Kier molecular flexibility index (Phi) is 3.57. The molecular formula is C19H21N7O. The lowest BCUT2D eigenvalue weighted by Crippen LogP contribution is -2.56. The molecule has 8 nitrogen and oxygen atoms in total. The number of rotatable bonds is 1. The second-order valence-corrected chi connectivity index (χ2v) is 7.68. The number of hydrogen-bond donors (Lipinski definition) is 1. The minimum atomic E-state index is -0.0147. The second kappa shape index (κ2) is 5.98. The van der Waals surface area contributed by atoms with E-state index in [1.165, 1.54) is 0 Å². The molecule has 0 aliphatic carbocycles. The summed E-state index contributed by atoms with van der Waals surface area (Å²) < 4.78 is 2.16. The van der Waals surface area contributed by atoms with Crippen molar-refractivity contribution in [2.75, 3.05) is 26.2 Å². The van der Waals surface area contributed by atoms with E-state index in [0.717, 1.165) is 35.5 Å². The standard InChI is InChI=1S/C19H21N7O/c1-12-3-5-24(19(27)25-9-13(6-20)10-25)11-15(12)18-23-8-14-7-22-17-16(26(14)18)2-4-21-17/h2,4,7-8,12-13,15,21H,3,5,9-11H2,1H3/t12-,15+/m0/s1. The molecule has 2 atom stereocenters. The van der Waals surface area contributed by atoms with Crippen molar-refractivity contribution in [1.29, 1.82) is 5.26 Å². The number of nitriles is 1. The fourth-order valence-electron chi connectivity index (χ4n) is 4.26. The molecule has 2 fully saturated rings. The maximum absolute atomic E-state index is 12.8. The van der Waals surface area contributed by atoms with E-state index in [0.29, 0.717) is 25.6 Å². The molecule has 0 radical (unpaired) electrons. The van der Waals surface area contributed by atoms with Crippen LogP contribution < -0.4 is 0 Å². The zero-order valence-corrected chi connectivity index (χ0v) is 15.2. The Labute approximate surface area is 156 Å². The summed E-state index contributed by atoms with van der Waals surface area (Å²) in [6.07, 6.45) is 6.52. The number of nitrogens with zero attached hydrogens (tertiary/aromatic N) is 6. The van der Waals surface area contributed by atoms with E-state index in [1.807, 2.05) is 29.6 Å². The van der Waals surface area contributed by atoms with Gasteiger partial charge in [-0.15, -0.1) is 0 Å². The number of fused-ring (bicyclic) bond motifs is 3. The molecule has 3 aromatic rings. The lowest BCUT2D eigenvalue weighted by Gasteiger charge is -2.43. The van der Waals surface area contributed by atoms with Crippen LogP contribution in [0.5, 0.6) is 0 Å². The number of aromatic amines is 1. The number of likely N-dealkylation sites (tertiary alicyclic amines) is 2. The van der Waals surface area contributed by atoms with Gasteiger partial charge in [-0.05, 0) is 18.4 Å². The van der Waals surface area contributed by atoms with E-state index in [4.69, 9.17) is 10.2 Å². The van der Waals surface area contributed by atoms with Crippen LogP contribution in [0, 0.1) is 23.2 Å². The Morgan fingerprint density at radius 1 is 1.26 bits per heavy atom. The summed E-state index contributed by atoms with van der Waals surface area (Å²) in [5.74, 6) is 1.57. The molecule has 27 heavy (non-hydrogen) atoms. The summed E-state index contributed by atoms with van der Waals surface area (Å²) in [7, 11) is 0. The highest BCUT2D eigenvalue weighted by molar-refractivity contribution is 5.76. The van der Waals surface area contributed by atoms with Crippen LogP contribution in [0.1, 0.15) is 25.1 Å². The number of nitrogens with one attached hydrogen (secondary N) is 1. The normalized spacial score (nSPS) is 23.6. The molecule has 5 rings (SSSR count). The minimum Gasteiger partial charge on any atom is -0.345 e. The highest BCUT2D eigenvalue weighted by Gasteiger charge is 2.38. The van der Waals surface area contributed by atoms with Crippen molar-refractivity contribution in [3.05, 3.63) is 30.5 Å². The van der Waals surface area contributed by atoms with Gasteiger partial charge in [0.25, 0.3) is 0 Å². The molecular weight excluding hydrogens is 342 g/mol. The molecule has 3 aromatic heterocycles. The molecule has 0 bridgehead atoms. The average Bonchev–Trinajstić information content (AvgIpc) is 3.27. The summed E-state index contributed by atoms with van der Waals surface area (Å²) in [5.41, 5.74) is 2.81. The van der Waals surface area contributed by atoms with Crippen molar-refractivity contribution in [1.82, 2.24) is 29.2 Å².